The Bertz CT molecular complexity index is 1240. The van der Waals surface area contributed by atoms with Crippen molar-refractivity contribution in [1.29, 1.82) is 0 Å². The maximum absolute atomic E-state index is 13.8. The van der Waals surface area contributed by atoms with E-state index >= 15 is 0 Å². The van der Waals surface area contributed by atoms with Crippen LogP contribution in [0.4, 0.5) is 15.1 Å². The van der Waals surface area contributed by atoms with E-state index in [4.69, 9.17) is 0 Å². The number of anilines is 1. The molecule has 2 fully saturated rings. The molecule has 0 unspecified atom stereocenters. The molecular weight excluding hydrogens is 485 g/mol. The fraction of sp³-hybridized carbons (Fsp3) is 0.464. The number of aromatic nitrogens is 4. The number of aromatic amines is 1. The number of benzene rings is 2. The Hall–Kier alpha value is -3.82. The molecule has 0 bridgehead atoms. The molecule has 3 aromatic rings. The van der Waals surface area contributed by atoms with Gasteiger partial charge in [-0.05, 0) is 78.1 Å². The van der Waals surface area contributed by atoms with Crippen molar-refractivity contribution in [3.8, 4) is 0 Å². The lowest BCUT2D eigenvalue weighted by Crippen LogP contribution is -2.49. The van der Waals surface area contributed by atoms with E-state index in [1.54, 1.807) is 18.2 Å². The van der Waals surface area contributed by atoms with Crippen LogP contribution in [-0.4, -0.2) is 54.4 Å². The van der Waals surface area contributed by atoms with E-state index in [9.17, 15) is 14.0 Å². The first kappa shape index (κ1) is 27.2. The smallest absolute Gasteiger partial charge is 0.318 e. The van der Waals surface area contributed by atoms with Crippen LogP contribution in [0.15, 0.2) is 48.5 Å². The van der Waals surface area contributed by atoms with Gasteiger partial charge in [0.2, 0.25) is 0 Å². The first-order valence-corrected chi connectivity index (χ1v) is 12.8. The van der Waals surface area contributed by atoms with E-state index in [0.717, 1.165) is 36.8 Å². The molecule has 0 atom stereocenters. The zero-order valence-electron chi connectivity index (χ0n) is 21.2. The summed E-state index contributed by atoms with van der Waals surface area (Å²) in [5.74, 6) is 0.759. The number of rotatable bonds is 7. The summed E-state index contributed by atoms with van der Waals surface area (Å²) in [6.07, 6.45) is 4.08. The largest absolute Gasteiger partial charge is 0.321 e. The average molecular weight is 522 g/mol. The summed E-state index contributed by atoms with van der Waals surface area (Å²) in [5.41, 5.74) is 1.95. The summed E-state index contributed by atoms with van der Waals surface area (Å²) in [7, 11) is 0. The van der Waals surface area contributed by atoms with Gasteiger partial charge in [-0.1, -0.05) is 50.6 Å². The Kier molecular flexibility index (Phi) is 8.08. The molecule has 0 radical (unpaired) electrons. The van der Waals surface area contributed by atoms with Crippen molar-refractivity contribution in [2.45, 2.75) is 65.6 Å². The van der Waals surface area contributed by atoms with Gasteiger partial charge in [0.15, 0.2) is 0 Å². The summed E-state index contributed by atoms with van der Waals surface area (Å²) in [4.78, 5) is 30.0. The molecule has 1 saturated heterocycles. The minimum Gasteiger partial charge on any atom is -0.318 e. The molecule has 1 aliphatic carbocycles. The van der Waals surface area contributed by atoms with E-state index in [1.165, 1.54) is 12.1 Å². The molecule has 1 aliphatic heterocycles. The van der Waals surface area contributed by atoms with Gasteiger partial charge in [0.05, 0.1) is 5.54 Å². The lowest BCUT2D eigenvalue weighted by Gasteiger charge is -2.43. The number of nitrogens with one attached hydrogen (secondary N) is 2. The second kappa shape index (κ2) is 11.3. The predicted molar refractivity (Wildman–Crippen MR) is 143 cm³/mol. The van der Waals surface area contributed by atoms with Crippen molar-refractivity contribution in [3.05, 3.63) is 71.0 Å². The highest BCUT2D eigenvalue weighted by Gasteiger charge is 2.50. The number of halogens is 1. The molecule has 1 aromatic heterocycles. The monoisotopic (exact) mass is 521 g/mol. The third-order valence-corrected chi connectivity index (χ3v) is 7.85. The van der Waals surface area contributed by atoms with E-state index in [1.807, 2.05) is 28.0 Å². The summed E-state index contributed by atoms with van der Waals surface area (Å²) < 4.78 is 13.8. The predicted octanol–water partition coefficient (Wildman–Crippen LogP) is 5.25. The third-order valence-electron chi connectivity index (χ3n) is 7.85. The second-order valence-corrected chi connectivity index (χ2v) is 10.5. The molecule has 2 aliphatic rings. The number of urea groups is 1. The van der Waals surface area contributed by atoms with Crippen LogP contribution in [0.3, 0.4) is 0 Å². The van der Waals surface area contributed by atoms with Crippen LogP contribution < -0.4 is 5.32 Å². The molecule has 9 nitrogen and oxygen atoms in total. The van der Waals surface area contributed by atoms with E-state index in [0.29, 0.717) is 37.0 Å². The molecular formula is C28H36FN7O2. The average Bonchev–Trinajstić information content (AvgIpc) is 3.47. The number of nitrogens with zero attached hydrogens (tertiary/aromatic N) is 5. The number of amides is 3. The van der Waals surface area contributed by atoms with E-state index in [2.05, 4.69) is 39.8 Å². The van der Waals surface area contributed by atoms with Gasteiger partial charge < -0.3 is 9.80 Å². The Morgan fingerprint density at radius 1 is 1.13 bits per heavy atom. The Morgan fingerprint density at radius 3 is 2.50 bits per heavy atom. The van der Waals surface area contributed by atoms with Crippen molar-refractivity contribution in [1.82, 2.24) is 30.4 Å². The van der Waals surface area contributed by atoms with Gasteiger partial charge >= 0.3 is 6.03 Å². The Morgan fingerprint density at radius 2 is 1.87 bits per heavy atom. The fourth-order valence-electron chi connectivity index (χ4n) is 5.70. The highest BCUT2D eigenvalue weighted by atomic mass is 19.1. The lowest BCUT2D eigenvalue weighted by atomic mass is 9.72. The highest BCUT2D eigenvalue weighted by Crippen LogP contribution is 2.44. The van der Waals surface area contributed by atoms with Crippen molar-refractivity contribution >= 4 is 17.9 Å². The molecule has 5 rings (SSSR count). The Labute approximate surface area is 222 Å². The maximum atomic E-state index is 13.8. The van der Waals surface area contributed by atoms with Crippen LogP contribution in [0, 0.1) is 17.7 Å². The Balaban J connectivity index is 0.00000336. The van der Waals surface area contributed by atoms with Gasteiger partial charge in [-0.25, -0.2) is 9.18 Å². The van der Waals surface area contributed by atoms with Gasteiger partial charge in [0.1, 0.15) is 5.82 Å². The van der Waals surface area contributed by atoms with Crippen molar-refractivity contribution in [2.75, 3.05) is 11.9 Å². The molecule has 1 spiro atoms. The van der Waals surface area contributed by atoms with Crippen molar-refractivity contribution in [3.63, 3.8) is 0 Å². The summed E-state index contributed by atoms with van der Waals surface area (Å²) >= 11 is 0. The second-order valence-electron chi connectivity index (χ2n) is 10.5. The first-order chi connectivity index (χ1) is 17.8. The number of tetrazole rings is 1. The standard InChI is InChI=1S/C27H32FN7O2.CH4/c1-18(2)21-10-12-27(13-11-21)17-34(15-20-4-3-5-23(28)14-20)26(37)35(27)16-19-6-8-22(9-7-19)24(36)29-25-30-32-33-31-25;/h3-9,14,18,21H,10-13,15-17H2,1-2H3,(H2,29,30,31,32,33,36);1H4. The van der Waals surface area contributed by atoms with Crippen LogP contribution in [0.1, 0.15) is 68.4 Å². The molecule has 38 heavy (non-hydrogen) atoms. The molecule has 2 heterocycles. The van der Waals surface area contributed by atoms with Crippen LogP contribution in [0.2, 0.25) is 0 Å². The van der Waals surface area contributed by atoms with Crippen LogP contribution >= 0.6 is 0 Å². The summed E-state index contributed by atoms with van der Waals surface area (Å²) in [6.45, 7) is 6.02. The highest BCUT2D eigenvalue weighted by molar-refractivity contribution is 6.03. The molecule has 202 valence electrons. The maximum Gasteiger partial charge on any atom is 0.321 e. The lowest BCUT2D eigenvalue weighted by molar-refractivity contribution is 0.0832. The normalized spacial score (nSPS) is 21.2. The minimum absolute atomic E-state index is 0. The van der Waals surface area contributed by atoms with Crippen LogP contribution in [0.5, 0.6) is 0 Å². The van der Waals surface area contributed by atoms with Crippen LogP contribution in [-0.2, 0) is 13.1 Å². The van der Waals surface area contributed by atoms with Gasteiger partial charge in [-0.2, -0.15) is 5.21 Å². The van der Waals surface area contributed by atoms with Crippen molar-refractivity contribution < 1.29 is 14.0 Å². The van der Waals surface area contributed by atoms with Gasteiger partial charge in [-0.15, -0.1) is 5.10 Å². The molecule has 1 saturated carbocycles. The molecule has 2 aromatic carbocycles. The number of H-pyrrole nitrogens is 1. The fourth-order valence-corrected chi connectivity index (χ4v) is 5.70. The minimum atomic E-state index is -0.338. The van der Waals surface area contributed by atoms with Gasteiger partial charge in [0.25, 0.3) is 11.9 Å². The third kappa shape index (κ3) is 5.69. The van der Waals surface area contributed by atoms with Gasteiger partial charge in [-0.3, -0.25) is 10.1 Å². The quantitative estimate of drug-likeness (QED) is 0.442. The SMILES string of the molecule is C.CC(C)C1CCC2(CC1)CN(Cc1cccc(F)c1)C(=O)N2Cc1ccc(C(=O)Nc2nn[nH]n2)cc1. The molecule has 2 N–H and O–H groups in total. The number of carbonyl (C=O) groups is 2. The first-order valence-electron chi connectivity index (χ1n) is 12.8. The number of carbonyl (C=O) groups excluding carboxylic acids is 2. The molecule has 3 amide bonds. The van der Waals surface area contributed by atoms with Crippen molar-refractivity contribution in [2.24, 2.45) is 11.8 Å². The van der Waals surface area contributed by atoms with E-state index in [-0.39, 0.29) is 36.7 Å². The summed E-state index contributed by atoms with van der Waals surface area (Å²) in [6, 6.07) is 13.7. The zero-order chi connectivity index (χ0) is 26.0. The number of hydrogen-bond donors (Lipinski definition) is 2. The van der Waals surface area contributed by atoms with Gasteiger partial charge in [0, 0.05) is 25.2 Å². The topological polar surface area (TPSA) is 107 Å². The summed E-state index contributed by atoms with van der Waals surface area (Å²) in [5, 5.41) is 15.8. The number of hydrogen-bond acceptors (Lipinski definition) is 5. The molecule has 10 heteroatoms. The van der Waals surface area contributed by atoms with E-state index < -0.39 is 0 Å². The van der Waals surface area contributed by atoms with Crippen LogP contribution in [0.25, 0.3) is 0 Å². The zero-order valence-corrected chi connectivity index (χ0v) is 21.2.